The van der Waals surface area contributed by atoms with Crippen LogP contribution in [0.3, 0.4) is 0 Å². The lowest BCUT2D eigenvalue weighted by molar-refractivity contribution is -0.274. The number of carbonyl (C=O) groups is 1. The van der Waals surface area contributed by atoms with Crippen molar-refractivity contribution in [3.63, 3.8) is 0 Å². The van der Waals surface area contributed by atoms with Gasteiger partial charge in [0.2, 0.25) is 5.95 Å². The van der Waals surface area contributed by atoms with Crippen LogP contribution in [0.5, 0.6) is 5.75 Å². The first-order valence-corrected chi connectivity index (χ1v) is 5.97. The van der Waals surface area contributed by atoms with Crippen molar-refractivity contribution in [1.29, 1.82) is 0 Å². The monoisotopic (exact) mass is 313 g/mol. The first kappa shape index (κ1) is 15.5. The molecule has 2 rings (SSSR count). The highest BCUT2D eigenvalue weighted by molar-refractivity contribution is 5.86. The van der Waals surface area contributed by atoms with E-state index in [9.17, 15) is 18.0 Å². The number of nitrogens with one attached hydrogen (secondary N) is 1. The summed E-state index contributed by atoms with van der Waals surface area (Å²) in [6.45, 7) is 0.154. The van der Waals surface area contributed by atoms with Gasteiger partial charge in [-0.05, 0) is 17.7 Å². The summed E-state index contributed by atoms with van der Waals surface area (Å²) in [6.07, 6.45) is -2.50. The molecule has 0 unspecified atom stereocenters. The lowest BCUT2D eigenvalue weighted by atomic mass is 10.2. The zero-order chi connectivity index (χ0) is 16.2. The molecular weight excluding hydrogens is 303 g/mol. The van der Waals surface area contributed by atoms with E-state index < -0.39 is 12.3 Å². The number of benzene rings is 1. The second-order valence-electron chi connectivity index (χ2n) is 4.15. The number of aromatic nitrogens is 2. The highest BCUT2D eigenvalue weighted by Gasteiger charge is 2.31. The Balaban J connectivity index is 1.99. The van der Waals surface area contributed by atoms with Gasteiger partial charge in [-0.25, -0.2) is 14.8 Å². The lowest BCUT2D eigenvalue weighted by Crippen LogP contribution is -2.17. The minimum absolute atomic E-state index is 0.0638. The average molecular weight is 313 g/mol. The molecule has 9 heteroatoms. The quantitative estimate of drug-likeness (QED) is 0.883. The molecule has 0 bridgehead atoms. The number of carboxylic acid groups (broad SMARTS) is 1. The maximum absolute atomic E-state index is 12.1. The Morgan fingerprint density at radius 3 is 2.55 bits per heavy atom. The molecule has 0 radical (unpaired) electrons. The SMILES string of the molecule is O=C(O)c1cnc(NCc2cccc(OC(F)(F)F)c2)nc1. The van der Waals surface area contributed by atoms with Crippen LogP contribution in [-0.4, -0.2) is 27.4 Å². The highest BCUT2D eigenvalue weighted by atomic mass is 19.4. The fourth-order valence-electron chi connectivity index (χ4n) is 1.56. The van der Waals surface area contributed by atoms with Crippen molar-refractivity contribution in [1.82, 2.24) is 9.97 Å². The summed E-state index contributed by atoms with van der Waals surface area (Å²) in [5.74, 6) is -1.32. The van der Waals surface area contributed by atoms with E-state index in [0.717, 1.165) is 12.4 Å². The molecule has 0 aliphatic heterocycles. The van der Waals surface area contributed by atoms with Crippen molar-refractivity contribution in [2.24, 2.45) is 0 Å². The van der Waals surface area contributed by atoms with Crippen LogP contribution < -0.4 is 10.1 Å². The van der Waals surface area contributed by atoms with Crippen LogP contribution in [0.4, 0.5) is 19.1 Å². The second kappa shape index (κ2) is 6.29. The average Bonchev–Trinajstić information content (AvgIpc) is 2.44. The molecule has 0 amide bonds. The number of hydrogen-bond donors (Lipinski definition) is 2. The first-order chi connectivity index (χ1) is 10.3. The van der Waals surface area contributed by atoms with Crippen molar-refractivity contribution in [2.75, 3.05) is 5.32 Å². The zero-order valence-electron chi connectivity index (χ0n) is 11.0. The molecule has 0 spiro atoms. The van der Waals surface area contributed by atoms with Gasteiger partial charge in [-0.2, -0.15) is 0 Å². The minimum atomic E-state index is -4.75. The zero-order valence-corrected chi connectivity index (χ0v) is 11.0. The fraction of sp³-hybridized carbons (Fsp3) is 0.154. The second-order valence-corrected chi connectivity index (χ2v) is 4.15. The Morgan fingerprint density at radius 1 is 1.27 bits per heavy atom. The molecule has 0 saturated heterocycles. The number of rotatable bonds is 5. The number of nitrogens with zero attached hydrogens (tertiary/aromatic N) is 2. The highest BCUT2D eigenvalue weighted by Crippen LogP contribution is 2.23. The Hall–Kier alpha value is -2.84. The third-order valence-corrected chi connectivity index (χ3v) is 2.48. The molecule has 0 atom stereocenters. The number of halogens is 3. The number of carboxylic acids is 1. The summed E-state index contributed by atoms with van der Waals surface area (Å²) in [6, 6.07) is 5.44. The molecule has 0 aliphatic rings. The lowest BCUT2D eigenvalue weighted by Gasteiger charge is -2.10. The predicted molar refractivity (Wildman–Crippen MR) is 69.4 cm³/mol. The molecule has 2 N–H and O–H groups in total. The molecule has 116 valence electrons. The summed E-state index contributed by atoms with van der Waals surface area (Å²) >= 11 is 0. The smallest absolute Gasteiger partial charge is 0.478 e. The van der Waals surface area contributed by atoms with Crippen molar-refractivity contribution in [3.8, 4) is 5.75 Å². The first-order valence-electron chi connectivity index (χ1n) is 5.97. The van der Waals surface area contributed by atoms with Gasteiger partial charge in [0.25, 0.3) is 0 Å². The predicted octanol–water partition coefficient (Wildman–Crippen LogP) is 2.69. The van der Waals surface area contributed by atoms with Gasteiger partial charge < -0.3 is 15.2 Å². The van der Waals surface area contributed by atoms with Crippen LogP contribution in [0.1, 0.15) is 15.9 Å². The Bertz CT molecular complexity index is 660. The van der Waals surface area contributed by atoms with Gasteiger partial charge in [-0.1, -0.05) is 12.1 Å². The van der Waals surface area contributed by atoms with Gasteiger partial charge >= 0.3 is 12.3 Å². The van der Waals surface area contributed by atoms with Crippen LogP contribution in [0.2, 0.25) is 0 Å². The van der Waals surface area contributed by atoms with Crippen LogP contribution in [0, 0.1) is 0 Å². The summed E-state index contributed by atoms with van der Waals surface area (Å²) in [5, 5.41) is 11.5. The van der Waals surface area contributed by atoms with E-state index >= 15 is 0 Å². The van der Waals surface area contributed by atoms with E-state index in [1.54, 1.807) is 6.07 Å². The van der Waals surface area contributed by atoms with Gasteiger partial charge in [0.1, 0.15) is 5.75 Å². The van der Waals surface area contributed by atoms with Crippen LogP contribution in [0.25, 0.3) is 0 Å². The Kier molecular flexibility index (Phi) is 4.44. The van der Waals surface area contributed by atoms with Crippen LogP contribution in [-0.2, 0) is 6.54 Å². The van der Waals surface area contributed by atoms with Crippen LogP contribution in [0.15, 0.2) is 36.7 Å². The molecule has 1 heterocycles. The van der Waals surface area contributed by atoms with E-state index in [1.807, 2.05) is 0 Å². The van der Waals surface area contributed by atoms with Gasteiger partial charge in [0, 0.05) is 18.9 Å². The van der Waals surface area contributed by atoms with Crippen molar-refractivity contribution in [3.05, 3.63) is 47.8 Å². The number of alkyl halides is 3. The summed E-state index contributed by atoms with van der Waals surface area (Å²) in [7, 11) is 0. The van der Waals surface area contributed by atoms with Gasteiger partial charge in [0.15, 0.2) is 0 Å². The molecule has 6 nitrogen and oxygen atoms in total. The topological polar surface area (TPSA) is 84.3 Å². The van der Waals surface area contributed by atoms with E-state index in [-0.39, 0.29) is 23.8 Å². The van der Waals surface area contributed by atoms with Gasteiger partial charge in [-0.15, -0.1) is 13.2 Å². The largest absolute Gasteiger partial charge is 0.573 e. The van der Waals surface area contributed by atoms with E-state index in [4.69, 9.17) is 5.11 Å². The normalized spacial score (nSPS) is 11.0. The molecule has 22 heavy (non-hydrogen) atoms. The maximum Gasteiger partial charge on any atom is 0.573 e. The summed E-state index contributed by atoms with van der Waals surface area (Å²) in [5.41, 5.74) is 0.457. The number of ether oxygens (including phenoxy) is 1. The van der Waals surface area contributed by atoms with Gasteiger partial charge in [-0.3, -0.25) is 0 Å². The summed E-state index contributed by atoms with van der Waals surface area (Å²) in [4.78, 5) is 18.2. The van der Waals surface area contributed by atoms with E-state index in [2.05, 4.69) is 20.0 Å². The van der Waals surface area contributed by atoms with Crippen molar-refractivity contribution >= 4 is 11.9 Å². The standard InChI is InChI=1S/C13H10F3N3O3/c14-13(15,16)22-10-3-1-2-8(4-10)5-17-12-18-6-9(7-19-12)11(20)21/h1-4,6-7H,5H2,(H,20,21)(H,17,18,19). The third-order valence-electron chi connectivity index (χ3n) is 2.48. The maximum atomic E-state index is 12.1. The van der Waals surface area contributed by atoms with Crippen molar-refractivity contribution in [2.45, 2.75) is 12.9 Å². The number of aromatic carboxylic acids is 1. The van der Waals surface area contributed by atoms with E-state index in [1.165, 1.54) is 18.2 Å². The molecular formula is C13H10F3N3O3. The molecule has 1 aromatic carbocycles. The number of anilines is 1. The minimum Gasteiger partial charge on any atom is -0.478 e. The molecule has 0 aliphatic carbocycles. The molecule has 2 aromatic rings. The Labute approximate surface area is 122 Å². The Morgan fingerprint density at radius 2 is 1.95 bits per heavy atom. The number of hydrogen-bond acceptors (Lipinski definition) is 5. The third kappa shape index (κ3) is 4.62. The molecule has 0 saturated carbocycles. The van der Waals surface area contributed by atoms with Crippen molar-refractivity contribution < 1.29 is 27.8 Å². The van der Waals surface area contributed by atoms with Crippen LogP contribution >= 0.6 is 0 Å². The fourth-order valence-corrected chi connectivity index (χ4v) is 1.56. The molecule has 0 fully saturated rings. The van der Waals surface area contributed by atoms with E-state index in [0.29, 0.717) is 5.56 Å². The summed E-state index contributed by atoms with van der Waals surface area (Å²) < 4.78 is 40.2. The van der Waals surface area contributed by atoms with Gasteiger partial charge in [0.05, 0.1) is 5.56 Å². The molecule has 1 aromatic heterocycles.